The van der Waals surface area contributed by atoms with Crippen molar-refractivity contribution in [1.29, 1.82) is 0 Å². The Morgan fingerprint density at radius 2 is 1.55 bits per heavy atom. The van der Waals surface area contributed by atoms with E-state index in [1.54, 1.807) is 0 Å². The largest absolute Gasteiger partial charge is 0.545 e. The first-order valence-electron chi connectivity index (χ1n) is 5.41. The molecule has 0 aliphatic carbocycles. The van der Waals surface area contributed by atoms with E-state index in [-0.39, 0.29) is 11.1 Å². The molecule has 0 saturated carbocycles. The molecule has 0 aromatic heterocycles. The minimum atomic E-state index is -2.00. The van der Waals surface area contributed by atoms with Crippen LogP contribution in [-0.4, -0.2) is 32.1 Å². The molecule has 1 aromatic carbocycles. The van der Waals surface area contributed by atoms with E-state index in [0.717, 1.165) is 0 Å². The zero-order valence-electron chi connectivity index (χ0n) is 11.1. The number of esters is 1. The Hall–Kier alpha value is -2.00. The Balaban J connectivity index is 2.98. The van der Waals surface area contributed by atoms with E-state index >= 15 is 0 Å². The lowest BCUT2D eigenvalue weighted by Crippen LogP contribution is -2.38. The quantitative estimate of drug-likeness (QED) is 0.299. The molecule has 0 radical (unpaired) electrons. The van der Waals surface area contributed by atoms with Gasteiger partial charge in [0.1, 0.15) is 0 Å². The molecule has 0 saturated heterocycles. The summed E-state index contributed by atoms with van der Waals surface area (Å²) in [5.41, 5.74) is -0.548. The first-order chi connectivity index (χ1) is 9.43. The van der Waals surface area contributed by atoms with Crippen molar-refractivity contribution in [2.24, 2.45) is 0 Å². The number of hydrogen-bond donors (Lipinski definition) is 0. The second-order valence-electron chi connectivity index (χ2n) is 3.58. The van der Waals surface area contributed by atoms with Gasteiger partial charge in [-0.15, -0.1) is 0 Å². The summed E-state index contributed by atoms with van der Waals surface area (Å²) >= 11 is 0. The number of aromatic carboxylic acids is 1. The predicted molar refractivity (Wildman–Crippen MR) is 60.8 cm³/mol. The molecule has 8 nitrogen and oxygen atoms in total. The zero-order chi connectivity index (χ0) is 15.2. The highest BCUT2D eigenvalue weighted by molar-refractivity contribution is 6.01. The minimum Gasteiger partial charge on any atom is -0.545 e. The van der Waals surface area contributed by atoms with Crippen LogP contribution in [-0.2, 0) is 24.3 Å². The highest BCUT2D eigenvalue weighted by Gasteiger charge is 2.35. The monoisotopic (exact) mass is 285 g/mol. The van der Waals surface area contributed by atoms with Crippen molar-refractivity contribution in [3.05, 3.63) is 35.4 Å². The van der Waals surface area contributed by atoms with Crippen LogP contribution in [0.4, 0.5) is 0 Å². The van der Waals surface area contributed by atoms with Gasteiger partial charge in [0.05, 0.1) is 25.8 Å². The van der Waals surface area contributed by atoms with Crippen molar-refractivity contribution in [3.63, 3.8) is 0 Å². The maximum Gasteiger partial charge on any atom is 0.380 e. The Labute approximate surface area is 114 Å². The first-order valence-corrected chi connectivity index (χ1v) is 5.41. The Bertz CT molecular complexity index is 478. The van der Waals surface area contributed by atoms with Crippen LogP contribution in [0.1, 0.15) is 27.6 Å². The average molecular weight is 285 g/mol. The molecule has 20 heavy (non-hydrogen) atoms. The van der Waals surface area contributed by atoms with E-state index in [9.17, 15) is 14.7 Å². The van der Waals surface area contributed by atoms with Gasteiger partial charge in [-0.2, -0.15) is 9.78 Å². The van der Waals surface area contributed by atoms with Crippen LogP contribution in [0.2, 0.25) is 0 Å². The van der Waals surface area contributed by atoms with Crippen molar-refractivity contribution in [2.45, 2.75) is 12.9 Å². The topological polar surface area (TPSA) is 103 Å². The van der Waals surface area contributed by atoms with E-state index < -0.39 is 17.9 Å². The third kappa shape index (κ3) is 4.00. The molecule has 0 bridgehead atoms. The lowest BCUT2D eigenvalue weighted by Gasteiger charge is -2.25. The second-order valence-corrected chi connectivity index (χ2v) is 3.58. The molecule has 1 aromatic rings. The third-order valence-electron chi connectivity index (χ3n) is 2.11. The average Bonchev–Trinajstić information content (AvgIpc) is 2.38. The summed E-state index contributed by atoms with van der Waals surface area (Å²) in [5.74, 6) is -4.53. The fourth-order valence-electron chi connectivity index (χ4n) is 1.41. The lowest BCUT2D eigenvalue weighted by atomic mass is 10.1. The third-order valence-corrected chi connectivity index (χ3v) is 2.11. The number of ether oxygens (including phenoxy) is 1. The van der Waals surface area contributed by atoms with Gasteiger partial charge in [0.15, 0.2) is 0 Å². The standard InChI is InChI=1S/C12H14O8/c1-12(19-16-2,20-17-3)18-11(15)9-7-5-4-6-8(9)10(13)14/h4-7H,1-3H3,(H,13,14)/p-1. The van der Waals surface area contributed by atoms with Gasteiger partial charge < -0.3 is 14.6 Å². The van der Waals surface area contributed by atoms with Gasteiger partial charge in [0.25, 0.3) is 0 Å². The molecule has 0 fully saturated rings. The fraction of sp³-hybridized carbons (Fsp3) is 0.333. The van der Waals surface area contributed by atoms with Gasteiger partial charge >= 0.3 is 11.9 Å². The maximum absolute atomic E-state index is 12.0. The van der Waals surface area contributed by atoms with Crippen LogP contribution < -0.4 is 5.11 Å². The van der Waals surface area contributed by atoms with Crippen molar-refractivity contribution in [1.82, 2.24) is 0 Å². The predicted octanol–water partition coefficient (Wildman–Crippen LogP) is 0.0366. The van der Waals surface area contributed by atoms with E-state index in [0.29, 0.717) is 0 Å². The van der Waals surface area contributed by atoms with Gasteiger partial charge in [-0.05, 0) is 6.07 Å². The Kier molecular flexibility index (Phi) is 5.59. The normalized spacial score (nSPS) is 11.2. The van der Waals surface area contributed by atoms with Crippen molar-refractivity contribution in [3.8, 4) is 0 Å². The van der Waals surface area contributed by atoms with Gasteiger partial charge in [-0.25, -0.2) is 14.6 Å². The number of carboxylic acids is 1. The Morgan fingerprint density at radius 1 is 1.05 bits per heavy atom. The zero-order valence-corrected chi connectivity index (χ0v) is 11.1. The second kappa shape index (κ2) is 6.96. The summed E-state index contributed by atoms with van der Waals surface area (Å²) in [4.78, 5) is 40.8. The molecule has 0 aliphatic rings. The molecule has 0 aliphatic heterocycles. The summed E-state index contributed by atoms with van der Waals surface area (Å²) in [6.07, 6.45) is 0. The maximum atomic E-state index is 12.0. The molecule has 0 atom stereocenters. The minimum absolute atomic E-state index is 0.224. The van der Waals surface area contributed by atoms with E-state index in [1.807, 2.05) is 0 Å². The number of hydrogen-bond acceptors (Lipinski definition) is 8. The van der Waals surface area contributed by atoms with E-state index in [2.05, 4.69) is 19.6 Å². The fourth-order valence-corrected chi connectivity index (χ4v) is 1.41. The van der Waals surface area contributed by atoms with Crippen molar-refractivity contribution >= 4 is 11.9 Å². The summed E-state index contributed by atoms with van der Waals surface area (Å²) in [6.45, 7) is 1.19. The Morgan fingerprint density at radius 3 is 2.00 bits per heavy atom. The number of carbonyl (C=O) groups excluding carboxylic acids is 2. The summed E-state index contributed by atoms with van der Waals surface area (Å²) < 4.78 is 4.87. The van der Waals surface area contributed by atoms with Crippen LogP contribution in [0.5, 0.6) is 0 Å². The molecule has 110 valence electrons. The highest BCUT2D eigenvalue weighted by Crippen LogP contribution is 2.19. The number of carboxylic acid groups (broad SMARTS) is 1. The van der Waals surface area contributed by atoms with Gasteiger partial charge in [0.2, 0.25) is 0 Å². The molecule has 1 rings (SSSR count). The molecule has 0 heterocycles. The molecule has 8 heteroatoms. The van der Waals surface area contributed by atoms with Crippen LogP contribution in [0.25, 0.3) is 0 Å². The molecule has 0 amide bonds. The first kappa shape index (κ1) is 16.1. The highest BCUT2D eigenvalue weighted by atomic mass is 17.3. The summed E-state index contributed by atoms with van der Waals surface area (Å²) in [6, 6.07) is 5.37. The van der Waals surface area contributed by atoms with Crippen molar-refractivity contribution in [2.75, 3.05) is 14.2 Å². The molecule has 0 N–H and O–H groups in total. The summed E-state index contributed by atoms with van der Waals surface area (Å²) in [5, 5.41) is 10.9. The SMILES string of the molecule is COOC(C)(OOC)OC(=O)c1ccccc1C(=O)[O-]. The van der Waals surface area contributed by atoms with Gasteiger partial charge in [0, 0.05) is 12.5 Å². The van der Waals surface area contributed by atoms with Crippen molar-refractivity contribution < 1.29 is 39.0 Å². The van der Waals surface area contributed by atoms with Crippen LogP contribution in [0, 0.1) is 0 Å². The molecular formula is C12H13O8-. The van der Waals surface area contributed by atoms with Gasteiger partial charge in [-0.1, -0.05) is 18.2 Å². The number of benzene rings is 1. The molecule has 0 unspecified atom stereocenters. The van der Waals surface area contributed by atoms with E-state index in [4.69, 9.17) is 4.74 Å². The van der Waals surface area contributed by atoms with E-state index in [1.165, 1.54) is 45.4 Å². The number of rotatable bonds is 7. The van der Waals surface area contributed by atoms with Crippen LogP contribution in [0.15, 0.2) is 24.3 Å². The van der Waals surface area contributed by atoms with Crippen LogP contribution in [0.3, 0.4) is 0 Å². The lowest BCUT2D eigenvalue weighted by molar-refractivity contribution is -0.551. The van der Waals surface area contributed by atoms with Crippen LogP contribution >= 0.6 is 0 Å². The molecular weight excluding hydrogens is 272 g/mol. The van der Waals surface area contributed by atoms with Gasteiger partial charge in [-0.3, -0.25) is 0 Å². The summed E-state index contributed by atoms with van der Waals surface area (Å²) in [7, 11) is 2.33. The number of carbonyl (C=O) groups is 2. The smallest absolute Gasteiger partial charge is 0.380 e. The molecule has 0 spiro atoms.